The molecular formula is C25H22N4OS. The summed E-state index contributed by atoms with van der Waals surface area (Å²) in [5.74, 6) is 0.458. The van der Waals surface area contributed by atoms with Gasteiger partial charge in [0.05, 0.1) is 11.3 Å². The number of Topliss-reactive ketones (excluding diaryl/α,β-unsaturated/α-hetero) is 1. The zero-order valence-electron chi connectivity index (χ0n) is 17.6. The number of carbonyl (C=O) groups is 1. The van der Waals surface area contributed by atoms with Gasteiger partial charge < -0.3 is 5.73 Å². The van der Waals surface area contributed by atoms with Crippen molar-refractivity contribution in [2.75, 3.05) is 11.5 Å². The maximum atomic E-state index is 12.6. The minimum atomic E-state index is -0.0681. The fourth-order valence-electron chi connectivity index (χ4n) is 3.18. The molecule has 5 nitrogen and oxygen atoms in total. The third kappa shape index (κ3) is 4.77. The van der Waals surface area contributed by atoms with Crippen LogP contribution in [0.25, 0.3) is 11.1 Å². The van der Waals surface area contributed by atoms with Gasteiger partial charge in [-0.15, -0.1) is 0 Å². The van der Waals surface area contributed by atoms with E-state index in [1.807, 2.05) is 43.3 Å². The minimum absolute atomic E-state index is 0.0507. The van der Waals surface area contributed by atoms with Crippen molar-refractivity contribution in [3.63, 3.8) is 0 Å². The Morgan fingerprint density at radius 2 is 1.65 bits per heavy atom. The van der Waals surface area contributed by atoms with E-state index in [-0.39, 0.29) is 28.5 Å². The van der Waals surface area contributed by atoms with Crippen LogP contribution < -0.4 is 5.73 Å². The van der Waals surface area contributed by atoms with E-state index in [2.05, 4.69) is 31.0 Å². The first-order valence-electron chi connectivity index (χ1n) is 9.82. The van der Waals surface area contributed by atoms with Crippen molar-refractivity contribution in [3.05, 3.63) is 76.3 Å². The van der Waals surface area contributed by atoms with Crippen molar-refractivity contribution in [3.8, 4) is 23.3 Å². The van der Waals surface area contributed by atoms with Crippen molar-refractivity contribution in [2.24, 2.45) is 0 Å². The summed E-state index contributed by atoms with van der Waals surface area (Å²) in [6.45, 7) is 6.15. The zero-order valence-corrected chi connectivity index (χ0v) is 18.5. The summed E-state index contributed by atoms with van der Waals surface area (Å²) in [4.78, 5) is 16.8. The Hall–Kier alpha value is -3.61. The highest BCUT2D eigenvalue weighted by Gasteiger charge is 2.21. The molecule has 0 aliphatic rings. The van der Waals surface area contributed by atoms with Crippen LogP contribution in [0.1, 0.15) is 52.4 Å². The number of carbonyl (C=O) groups excluding carboxylic acids is 1. The predicted molar refractivity (Wildman–Crippen MR) is 124 cm³/mol. The molecule has 6 heteroatoms. The number of rotatable bonds is 6. The average molecular weight is 427 g/mol. The fraction of sp³-hybridized carbons (Fsp3) is 0.200. The quantitative estimate of drug-likeness (QED) is 0.413. The second-order valence-corrected chi connectivity index (χ2v) is 8.47. The van der Waals surface area contributed by atoms with Crippen LogP contribution in [0.4, 0.5) is 5.82 Å². The molecule has 3 aromatic rings. The normalized spacial score (nSPS) is 10.5. The lowest BCUT2D eigenvalue weighted by molar-refractivity contribution is 0.102. The lowest BCUT2D eigenvalue weighted by Gasteiger charge is -2.14. The van der Waals surface area contributed by atoms with Crippen LogP contribution in [0.5, 0.6) is 0 Å². The monoisotopic (exact) mass is 426 g/mol. The molecule has 0 atom stereocenters. The van der Waals surface area contributed by atoms with Gasteiger partial charge >= 0.3 is 0 Å². The average Bonchev–Trinajstić information content (AvgIpc) is 2.77. The smallest absolute Gasteiger partial charge is 0.173 e. The number of nitrogen functional groups attached to an aromatic ring is 1. The molecule has 2 aromatic carbocycles. The lowest BCUT2D eigenvalue weighted by Crippen LogP contribution is -2.06. The van der Waals surface area contributed by atoms with Crippen molar-refractivity contribution in [1.82, 2.24) is 4.98 Å². The predicted octanol–water partition coefficient (Wildman–Crippen LogP) is 5.48. The van der Waals surface area contributed by atoms with Gasteiger partial charge in [-0.3, -0.25) is 4.79 Å². The van der Waals surface area contributed by atoms with E-state index >= 15 is 0 Å². The number of pyridine rings is 1. The molecule has 0 aliphatic heterocycles. The maximum Gasteiger partial charge on any atom is 0.173 e. The van der Waals surface area contributed by atoms with E-state index in [0.717, 1.165) is 28.5 Å². The number of aryl methyl sites for hydroxylation is 1. The Bertz CT molecular complexity index is 1200. The molecule has 0 spiro atoms. The van der Waals surface area contributed by atoms with Gasteiger partial charge in [-0.05, 0) is 24.0 Å². The van der Waals surface area contributed by atoms with E-state index in [9.17, 15) is 15.3 Å². The van der Waals surface area contributed by atoms with Crippen LogP contribution in [-0.2, 0) is 0 Å². The van der Waals surface area contributed by atoms with E-state index in [1.54, 1.807) is 12.1 Å². The highest BCUT2D eigenvalue weighted by molar-refractivity contribution is 8.00. The van der Waals surface area contributed by atoms with Crippen LogP contribution in [0, 0.1) is 29.6 Å². The molecule has 0 radical (unpaired) electrons. The van der Waals surface area contributed by atoms with Gasteiger partial charge in [0.1, 0.15) is 28.5 Å². The largest absolute Gasteiger partial charge is 0.383 e. The molecule has 31 heavy (non-hydrogen) atoms. The number of nitrogens with two attached hydrogens (primary N) is 1. The summed E-state index contributed by atoms with van der Waals surface area (Å²) in [5, 5.41) is 19.9. The Labute approximate surface area is 186 Å². The van der Waals surface area contributed by atoms with Crippen LogP contribution in [0.15, 0.2) is 53.6 Å². The van der Waals surface area contributed by atoms with Crippen molar-refractivity contribution >= 4 is 23.4 Å². The lowest BCUT2D eigenvalue weighted by atomic mass is 9.94. The van der Waals surface area contributed by atoms with Crippen LogP contribution in [0.3, 0.4) is 0 Å². The molecule has 1 aromatic heterocycles. The van der Waals surface area contributed by atoms with E-state index in [0.29, 0.717) is 22.1 Å². The second kappa shape index (κ2) is 9.47. The molecule has 0 unspecified atom stereocenters. The number of anilines is 1. The molecule has 3 rings (SSSR count). The molecule has 0 saturated carbocycles. The summed E-state index contributed by atoms with van der Waals surface area (Å²) >= 11 is 1.16. The first-order valence-corrected chi connectivity index (χ1v) is 10.8. The maximum absolute atomic E-state index is 12.6. The number of hydrogen-bond acceptors (Lipinski definition) is 6. The van der Waals surface area contributed by atoms with Gasteiger partial charge in [0.15, 0.2) is 5.78 Å². The summed E-state index contributed by atoms with van der Waals surface area (Å²) in [6.07, 6.45) is 0. The second-order valence-electron chi connectivity index (χ2n) is 7.51. The van der Waals surface area contributed by atoms with Gasteiger partial charge in [0.2, 0.25) is 0 Å². The molecule has 2 N–H and O–H groups in total. The van der Waals surface area contributed by atoms with Gasteiger partial charge in [-0.25, -0.2) is 4.98 Å². The summed E-state index contributed by atoms with van der Waals surface area (Å²) < 4.78 is 0. The number of thioether (sulfide) groups is 1. The van der Waals surface area contributed by atoms with E-state index in [4.69, 9.17) is 5.73 Å². The number of ketones is 1. The van der Waals surface area contributed by atoms with Gasteiger partial charge in [-0.2, -0.15) is 10.5 Å². The Morgan fingerprint density at radius 1 is 1.03 bits per heavy atom. The van der Waals surface area contributed by atoms with Crippen LogP contribution in [-0.4, -0.2) is 16.5 Å². The number of hydrogen-bond donors (Lipinski definition) is 1. The van der Waals surface area contributed by atoms with Gasteiger partial charge in [0.25, 0.3) is 0 Å². The van der Waals surface area contributed by atoms with E-state index < -0.39 is 0 Å². The SMILES string of the molecule is Cc1ccc(C(=O)CSc2nc(N)c(C#N)c(-c3ccc(C(C)C)cc3)c2C#N)cc1. The highest BCUT2D eigenvalue weighted by atomic mass is 32.2. The highest BCUT2D eigenvalue weighted by Crippen LogP contribution is 2.36. The van der Waals surface area contributed by atoms with Crippen molar-refractivity contribution < 1.29 is 4.79 Å². The van der Waals surface area contributed by atoms with E-state index in [1.165, 1.54) is 0 Å². The third-order valence-electron chi connectivity index (χ3n) is 5.00. The number of benzene rings is 2. The summed E-state index contributed by atoms with van der Waals surface area (Å²) in [7, 11) is 0. The molecule has 0 bridgehead atoms. The number of aromatic nitrogens is 1. The first-order chi connectivity index (χ1) is 14.8. The zero-order chi connectivity index (χ0) is 22.5. The van der Waals surface area contributed by atoms with Gasteiger partial charge in [0, 0.05) is 11.1 Å². The molecule has 0 fully saturated rings. The molecule has 0 amide bonds. The van der Waals surface area contributed by atoms with Crippen LogP contribution >= 0.6 is 11.8 Å². The van der Waals surface area contributed by atoms with Gasteiger partial charge in [-0.1, -0.05) is 79.7 Å². The summed E-state index contributed by atoms with van der Waals surface area (Å²) in [6, 6.07) is 19.3. The van der Waals surface area contributed by atoms with Crippen molar-refractivity contribution in [1.29, 1.82) is 10.5 Å². The Morgan fingerprint density at radius 3 is 2.19 bits per heavy atom. The molecule has 1 heterocycles. The number of nitrogens with zero attached hydrogens (tertiary/aromatic N) is 3. The first kappa shape index (κ1) is 22.1. The van der Waals surface area contributed by atoms with Crippen molar-refractivity contribution in [2.45, 2.75) is 31.7 Å². The fourth-order valence-corrected chi connectivity index (χ4v) is 4.07. The standard InChI is InChI=1S/C25H22N4OS/c1-15(2)17-8-10-19(11-9-17)23-20(12-26)24(28)29-25(21(23)13-27)31-14-22(30)18-6-4-16(3)5-7-18/h4-11,15H,14H2,1-3H3,(H2,28,29). The molecule has 154 valence electrons. The Balaban J connectivity index is 2.00. The Kier molecular flexibility index (Phi) is 6.74. The molecule has 0 aliphatic carbocycles. The minimum Gasteiger partial charge on any atom is -0.383 e. The number of nitriles is 2. The van der Waals surface area contributed by atoms with Crippen LogP contribution in [0.2, 0.25) is 0 Å². The molecule has 0 saturated heterocycles. The topological polar surface area (TPSA) is 104 Å². The molecular weight excluding hydrogens is 404 g/mol. The third-order valence-corrected chi connectivity index (χ3v) is 5.97. The summed E-state index contributed by atoms with van der Waals surface area (Å²) in [5.41, 5.74) is 10.5.